The summed E-state index contributed by atoms with van der Waals surface area (Å²) in [5, 5.41) is 13.4. The predicted octanol–water partition coefficient (Wildman–Crippen LogP) is 2.45. The van der Waals surface area contributed by atoms with Gasteiger partial charge in [0.2, 0.25) is 5.91 Å². The smallest absolute Gasteiger partial charge is 0.238 e. The van der Waals surface area contributed by atoms with E-state index in [4.69, 9.17) is 9.47 Å². The number of benzene rings is 2. The van der Waals surface area contributed by atoms with Gasteiger partial charge in [-0.1, -0.05) is 36.4 Å². The summed E-state index contributed by atoms with van der Waals surface area (Å²) in [5.74, 6) is 0.806. The molecule has 0 spiro atoms. The minimum atomic E-state index is -0.552. The first-order chi connectivity index (χ1) is 15.5. The molecule has 2 aromatic carbocycles. The predicted molar refractivity (Wildman–Crippen MR) is 126 cm³/mol. The molecule has 0 aromatic heterocycles. The maximum atomic E-state index is 12.5. The van der Waals surface area contributed by atoms with Gasteiger partial charge in [-0.2, -0.15) is 0 Å². The van der Waals surface area contributed by atoms with E-state index in [1.807, 2.05) is 56.3 Å². The third kappa shape index (κ3) is 7.03. The fourth-order valence-electron chi connectivity index (χ4n) is 4.00. The summed E-state index contributed by atoms with van der Waals surface area (Å²) in [7, 11) is 1.64. The van der Waals surface area contributed by atoms with E-state index in [2.05, 4.69) is 15.1 Å². The van der Waals surface area contributed by atoms with E-state index in [9.17, 15) is 9.90 Å². The molecule has 1 unspecified atom stereocenters. The Labute approximate surface area is 190 Å². The Balaban J connectivity index is 1.35. The summed E-state index contributed by atoms with van der Waals surface area (Å²) in [6.07, 6.45) is -0.552. The van der Waals surface area contributed by atoms with Crippen molar-refractivity contribution >= 4 is 11.6 Å². The zero-order valence-corrected chi connectivity index (χ0v) is 19.3. The molecule has 0 bridgehead atoms. The molecule has 2 aromatic rings. The summed E-state index contributed by atoms with van der Waals surface area (Å²) < 4.78 is 11.0. The molecule has 1 fully saturated rings. The zero-order chi connectivity index (χ0) is 22.9. The number of carbonyl (C=O) groups is 1. The monoisotopic (exact) mass is 441 g/mol. The van der Waals surface area contributed by atoms with Crippen LogP contribution in [0.5, 0.6) is 5.75 Å². The van der Waals surface area contributed by atoms with Crippen molar-refractivity contribution < 1.29 is 19.4 Å². The molecule has 174 valence electrons. The SMILES string of the molecule is COc1ccccc1COCC(O)CN1CCN(CC(=O)Nc2c(C)cccc2C)CC1. The number of piperazine rings is 1. The van der Waals surface area contributed by atoms with E-state index in [-0.39, 0.29) is 12.5 Å². The van der Waals surface area contributed by atoms with Crippen molar-refractivity contribution in [2.45, 2.75) is 26.6 Å². The second-order valence-corrected chi connectivity index (χ2v) is 8.37. The van der Waals surface area contributed by atoms with Crippen LogP contribution in [0.25, 0.3) is 0 Å². The van der Waals surface area contributed by atoms with Gasteiger partial charge in [0.05, 0.1) is 33.0 Å². The molecule has 2 N–H and O–H groups in total. The van der Waals surface area contributed by atoms with Crippen LogP contribution in [0.3, 0.4) is 0 Å². The summed E-state index contributed by atoms with van der Waals surface area (Å²) >= 11 is 0. The minimum Gasteiger partial charge on any atom is -0.496 e. The Hall–Kier alpha value is -2.45. The maximum absolute atomic E-state index is 12.5. The summed E-state index contributed by atoms with van der Waals surface area (Å²) in [5.41, 5.74) is 4.03. The Morgan fingerprint density at radius 1 is 1.03 bits per heavy atom. The molecule has 1 aliphatic heterocycles. The van der Waals surface area contributed by atoms with Crippen molar-refractivity contribution in [1.82, 2.24) is 9.80 Å². The first kappa shape index (κ1) is 24.2. The standard InChI is InChI=1S/C25H35N3O4/c1-19-7-6-8-20(2)25(19)26-24(30)16-28-13-11-27(12-14-28)15-22(29)18-32-17-21-9-4-5-10-23(21)31-3/h4-10,22,29H,11-18H2,1-3H3,(H,26,30). The molecular formula is C25H35N3O4. The molecule has 3 rings (SSSR count). The van der Waals surface area contributed by atoms with Crippen LogP contribution in [-0.2, 0) is 16.1 Å². The largest absolute Gasteiger partial charge is 0.496 e. The van der Waals surface area contributed by atoms with Gasteiger partial charge in [-0.05, 0) is 31.0 Å². The highest BCUT2D eigenvalue weighted by molar-refractivity contribution is 5.93. The number of ether oxygens (including phenoxy) is 2. The van der Waals surface area contributed by atoms with Crippen molar-refractivity contribution in [3.63, 3.8) is 0 Å². The molecule has 7 nitrogen and oxygen atoms in total. The van der Waals surface area contributed by atoms with E-state index in [0.29, 0.717) is 19.7 Å². The number of hydrogen-bond donors (Lipinski definition) is 2. The van der Waals surface area contributed by atoms with Gasteiger partial charge >= 0.3 is 0 Å². The number of anilines is 1. The lowest BCUT2D eigenvalue weighted by Gasteiger charge is -2.35. The summed E-state index contributed by atoms with van der Waals surface area (Å²) in [6, 6.07) is 13.7. The third-order valence-electron chi connectivity index (χ3n) is 5.81. The van der Waals surface area contributed by atoms with E-state index in [1.165, 1.54) is 0 Å². The number of para-hydroxylation sites is 2. The van der Waals surface area contributed by atoms with Crippen LogP contribution < -0.4 is 10.1 Å². The van der Waals surface area contributed by atoms with Crippen LogP contribution in [-0.4, -0.2) is 79.9 Å². The first-order valence-corrected chi connectivity index (χ1v) is 11.1. The number of aliphatic hydroxyl groups is 1. The third-order valence-corrected chi connectivity index (χ3v) is 5.81. The lowest BCUT2D eigenvalue weighted by molar-refractivity contribution is -0.117. The highest BCUT2D eigenvalue weighted by atomic mass is 16.5. The van der Waals surface area contributed by atoms with Crippen molar-refractivity contribution in [3.05, 3.63) is 59.2 Å². The lowest BCUT2D eigenvalue weighted by atomic mass is 10.1. The maximum Gasteiger partial charge on any atom is 0.238 e. The average Bonchev–Trinajstić information content (AvgIpc) is 2.78. The van der Waals surface area contributed by atoms with Gasteiger partial charge in [0.1, 0.15) is 5.75 Å². The molecule has 1 heterocycles. The van der Waals surface area contributed by atoms with Crippen LogP contribution in [0, 0.1) is 13.8 Å². The zero-order valence-electron chi connectivity index (χ0n) is 19.3. The number of methoxy groups -OCH3 is 1. The lowest BCUT2D eigenvalue weighted by Crippen LogP contribution is -2.50. The molecule has 7 heteroatoms. The molecule has 32 heavy (non-hydrogen) atoms. The van der Waals surface area contributed by atoms with E-state index >= 15 is 0 Å². The molecule has 1 atom stereocenters. The fourth-order valence-corrected chi connectivity index (χ4v) is 4.00. The average molecular weight is 442 g/mol. The summed E-state index contributed by atoms with van der Waals surface area (Å²) in [4.78, 5) is 16.9. The second kappa shape index (κ2) is 12.0. The number of aliphatic hydroxyl groups excluding tert-OH is 1. The Morgan fingerprint density at radius 2 is 1.69 bits per heavy atom. The molecule has 0 aliphatic carbocycles. The van der Waals surface area contributed by atoms with Gasteiger partial charge in [-0.3, -0.25) is 14.6 Å². The highest BCUT2D eigenvalue weighted by Gasteiger charge is 2.21. The van der Waals surface area contributed by atoms with E-state index < -0.39 is 6.10 Å². The Bertz CT molecular complexity index is 861. The topological polar surface area (TPSA) is 74.3 Å². The van der Waals surface area contributed by atoms with E-state index in [0.717, 1.165) is 54.3 Å². The molecule has 0 radical (unpaired) electrons. The number of carbonyl (C=O) groups excluding carboxylic acids is 1. The van der Waals surface area contributed by atoms with Crippen molar-refractivity contribution in [3.8, 4) is 5.75 Å². The number of rotatable bonds is 10. The molecular weight excluding hydrogens is 406 g/mol. The minimum absolute atomic E-state index is 0.0145. The number of aryl methyl sites for hydroxylation is 2. The molecule has 0 saturated carbocycles. The molecule has 1 aliphatic rings. The van der Waals surface area contributed by atoms with Gasteiger partial charge in [0, 0.05) is 44.0 Å². The van der Waals surface area contributed by atoms with Gasteiger partial charge in [-0.25, -0.2) is 0 Å². The van der Waals surface area contributed by atoms with Crippen molar-refractivity contribution in [2.75, 3.05) is 58.3 Å². The number of β-amino-alcohol motifs (C(OH)–C–C–N with tert-alkyl or cyclic N) is 1. The highest BCUT2D eigenvalue weighted by Crippen LogP contribution is 2.20. The van der Waals surface area contributed by atoms with Gasteiger partial charge in [0.15, 0.2) is 0 Å². The normalized spacial score (nSPS) is 16.0. The molecule has 1 amide bonds. The van der Waals surface area contributed by atoms with Crippen molar-refractivity contribution in [1.29, 1.82) is 0 Å². The Morgan fingerprint density at radius 3 is 2.38 bits per heavy atom. The van der Waals surface area contributed by atoms with Crippen LogP contribution in [0.15, 0.2) is 42.5 Å². The van der Waals surface area contributed by atoms with Gasteiger partial charge in [0.25, 0.3) is 0 Å². The number of amides is 1. The van der Waals surface area contributed by atoms with Crippen LogP contribution in [0.1, 0.15) is 16.7 Å². The quantitative estimate of drug-likeness (QED) is 0.590. The first-order valence-electron chi connectivity index (χ1n) is 11.1. The fraction of sp³-hybridized carbons (Fsp3) is 0.480. The Kier molecular flexibility index (Phi) is 9.05. The molecule has 1 saturated heterocycles. The summed E-state index contributed by atoms with van der Waals surface area (Å²) in [6.45, 7) is 8.88. The van der Waals surface area contributed by atoms with Crippen LogP contribution in [0.4, 0.5) is 5.69 Å². The second-order valence-electron chi connectivity index (χ2n) is 8.37. The van der Waals surface area contributed by atoms with Crippen LogP contribution in [0.2, 0.25) is 0 Å². The number of nitrogens with zero attached hydrogens (tertiary/aromatic N) is 2. The van der Waals surface area contributed by atoms with Gasteiger partial charge < -0.3 is 19.9 Å². The van der Waals surface area contributed by atoms with Crippen molar-refractivity contribution in [2.24, 2.45) is 0 Å². The van der Waals surface area contributed by atoms with Crippen LogP contribution >= 0.6 is 0 Å². The van der Waals surface area contributed by atoms with Gasteiger partial charge in [-0.15, -0.1) is 0 Å². The van der Waals surface area contributed by atoms with E-state index in [1.54, 1.807) is 7.11 Å². The number of hydrogen-bond acceptors (Lipinski definition) is 6. The number of nitrogens with one attached hydrogen (secondary N) is 1.